The number of nitrogens with zero attached hydrogens (tertiary/aromatic N) is 1. The van der Waals surface area contributed by atoms with E-state index in [2.05, 4.69) is 5.32 Å². The Bertz CT molecular complexity index is 630. The number of carbonyl (C=O) groups is 2. The number of nitrogens with one attached hydrogen (secondary N) is 1. The first-order valence-electron chi connectivity index (χ1n) is 8.15. The predicted octanol–water partition coefficient (Wildman–Crippen LogP) is 3.81. The molecule has 0 bridgehead atoms. The molecule has 1 fully saturated rings. The summed E-state index contributed by atoms with van der Waals surface area (Å²) >= 11 is 0. The fraction of sp³-hybridized carbons (Fsp3) is 0.529. The van der Waals surface area contributed by atoms with Crippen LogP contribution in [0.25, 0.3) is 0 Å². The second kappa shape index (κ2) is 7.76. The molecule has 2 N–H and O–H groups in total. The van der Waals surface area contributed by atoms with E-state index in [4.69, 9.17) is 5.11 Å². The lowest BCUT2D eigenvalue weighted by atomic mass is 10.0. The summed E-state index contributed by atoms with van der Waals surface area (Å²) in [5.41, 5.74) is -0.322. The molecule has 1 unspecified atom stereocenters. The molecule has 138 valence electrons. The SMILES string of the molecule is CC(c1cccc(C(F)(F)F)c1)N(C(=O)NCCCC(=O)O)C1CC1. The molecule has 0 radical (unpaired) electrons. The van der Waals surface area contributed by atoms with Crippen LogP contribution < -0.4 is 5.32 Å². The predicted molar refractivity (Wildman–Crippen MR) is 85.0 cm³/mol. The summed E-state index contributed by atoms with van der Waals surface area (Å²) < 4.78 is 38.7. The number of carboxylic acid groups (broad SMARTS) is 1. The van der Waals surface area contributed by atoms with Crippen molar-refractivity contribution in [2.75, 3.05) is 6.54 Å². The van der Waals surface area contributed by atoms with Crippen molar-refractivity contribution < 1.29 is 27.9 Å². The van der Waals surface area contributed by atoms with Crippen LogP contribution in [-0.2, 0) is 11.0 Å². The van der Waals surface area contributed by atoms with Gasteiger partial charge in [-0.15, -0.1) is 0 Å². The number of hydrogen-bond donors (Lipinski definition) is 2. The number of rotatable bonds is 7. The molecule has 1 aromatic rings. The van der Waals surface area contributed by atoms with Crippen molar-refractivity contribution in [2.24, 2.45) is 0 Å². The molecule has 1 aromatic carbocycles. The Hall–Kier alpha value is -2.25. The minimum Gasteiger partial charge on any atom is -0.481 e. The van der Waals surface area contributed by atoms with Gasteiger partial charge in [0.25, 0.3) is 0 Å². The van der Waals surface area contributed by atoms with Gasteiger partial charge in [-0.2, -0.15) is 13.2 Å². The Morgan fingerprint density at radius 2 is 2.04 bits per heavy atom. The van der Waals surface area contributed by atoms with Crippen LogP contribution in [-0.4, -0.2) is 34.6 Å². The zero-order valence-electron chi connectivity index (χ0n) is 13.8. The normalized spacial score (nSPS) is 15.5. The molecule has 0 heterocycles. The number of carboxylic acids is 1. The van der Waals surface area contributed by atoms with Crippen LogP contribution in [0.1, 0.15) is 49.8 Å². The molecule has 8 heteroatoms. The average Bonchev–Trinajstić information content (AvgIpc) is 3.35. The molecule has 1 saturated carbocycles. The molecule has 0 aliphatic heterocycles. The van der Waals surface area contributed by atoms with Gasteiger partial charge in [-0.1, -0.05) is 12.1 Å². The highest BCUT2D eigenvalue weighted by Gasteiger charge is 2.37. The third-order valence-corrected chi connectivity index (χ3v) is 4.13. The number of carbonyl (C=O) groups excluding carboxylic acids is 1. The largest absolute Gasteiger partial charge is 0.481 e. The van der Waals surface area contributed by atoms with E-state index in [-0.39, 0.29) is 25.0 Å². The number of amides is 2. The quantitative estimate of drug-likeness (QED) is 0.729. The Morgan fingerprint density at radius 1 is 1.36 bits per heavy atom. The van der Waals surface area contributed by atoms with Crippen molar-refractivity contribution >= 4 is 12.0 Å². The maximum Gasteiger partial charge on any atom is 0.416 e. The fourth-order valence-electron chi connectivity index (χ4n) is 2.67. The molecular formula is C17H21F3N2O3. The maximum absolute atomic E-state index is 12.9. The molecule has 2 amide bonds. The summed E-state index contributed by atoms with van der Waals surface area (Å²) in [4.78, 5) is 24.5. The van der Waals surface area contributed by atoms with Gasteiger partial charge in [0.1, 0.15) is 0 Å². The summed E-state index contributed by atoms with van der Waals surface area (Å²) in [5.74, 6) is -0.939. The highest BCUT2D eigenvalue weighted by molar-refractivity contribution is 5.75. The molecule has 1 atom stereocenters. The van der Waals surface area contributed by atoms with Gasteiger partial charge in [-0.05, 0) is 43.9 Å². The topological polar surface area (TPSA) is 69.6 Å². The molecule has 25 heavy (non-hydrogen) atoms. The molecule has 2 rings (SSSR count). The number of halogens is 3. The lowest BCUT2D eigenvalue weighted by Crippen LogP contribution is -2.43. The standard InChI is InChI=1S/C17H21F3N2O3/c1-11(12-4-2-5-13(10-12)17(18,19)20)22(14-7-8-14)16(25)21-9-3-6-15(23)24/h2,4-5,10-11,14H,3,6-9H2,1H3,(H,21,25)(H,23,24). The van der Waals surface area contributed by atoms with Crippen molar-refractivity contribution in [2.45, 2.75) is 50.9 Å². The van der Waals surface area contributed by atoms with Crippen LogP contribution in [0.5, 0.6) is 0 Å². The Morgan fingerprint density at radius 3 is 2.60 bits per heavy atom. The maximum atomic E-state index is 12.9. The van der Waals surface area contributed by atoms with Gasteiger partial charge in [0.15, 0.2) is 0 Å². The van der Waals surface area contributed by atoms with Crippen molar-refractivity contribution in [3.8, 4) is 0 Å². The molecule has 5 nitrogen and oxygen atoms in total. The molecular weight excluding hydrogens is 337 g/mol. The van der Waals surface area contributed by atoms with E-state index >= 15 is 0 Å². The van der Waals surface area contributed by atoms with Gasteiger partial charge in [-0.25, -0.2) is 4.79 Å². The van der Waals surface area contributed by atoms with Gasteiger partial charge >= 0.3 is 18.2 Å². The highest BCUT2D eigenvalue weighted by Crippen LogP contribution is 2.36. The smallest absolute Gasteiger partial charge is 0.416 e. The Kier molecular flexibility index (Phi) is 5.92. The second-order valence-electron chi connectivity index (χ2n) is 6.17. The first kappa shape index (κ1) is 19.1. The van der Waals surface area contributed by atoms with Gasteiger partial charge in [-0.3, -0.25) is 4.79 Å². The first-order valence-corrected chi connectivity index (χ1v) is 8.15. The van der Waals surface area contributed by atoms with Gasteiger partial charge in [0.05, 0.1) is 11.6 Å². The Labute approximate surface area is 143 Å². The minimum absolute atomic E-state index is 0.00372. The van der Waals surface area contributed by atoms with Gasteiger partial charge in [0, 0.05) is 19.0 Å². The van der Waals surface area contributed by atoms with E-state index in [1.54, 1.807) is 17.9 Å². The monoisotopic (exact) mass is 358 g/mol. The lowest BCUT2D eigenvalue weighted by Gasteiger charge is -2.30. The molecule has 0 aromatic heterocycles. The molecule has 1 aliphatic carbocycles. The number of hydrogen-bond acceptors (Lipinski definition) is 2. The first-order chi connectivity index (χ1) is 11.7. The van der Waals surface area contributed by atoms with Crippen molar-refractivity contribution in [3.63, 3.8) is 0 Å². The summed E-state index contributed by atoms with van der Waals surface area (Å²) in [6.45, 7) is 1.91. The van der Waals surface area contributed by atoms with Crippen molar-refractivity contribution in [3.05, 3.63) is 35.4 Å². The van der Waals surface area contributed by atoms with Crippen LogP contribution in [0.4, 0.5) is 18.0 Å². The van der Waals surface area contributed by atoms with Crippen LogP contribution >= 0.6 is 0 Å². The second-order valence-corrected chi connectivity index (χ2v) is 6.17. The number of benzene rings is 1. The lowest BCUT2D eigenvalue weighted by molar-refractivity contribution is -0.138. The highest BCUT2D eigenvalue weighted by atomic mass is 19.4. The summed E-state index contributed by atoms with van der Waals surface area (Å²) in [7, 11) is 0. The summed E-state index contributed by atoms with van der Waals surface area (Å²) in [5, 5.41) is 11.3. The number of aliphatic carboxylic acids is 1. The van der Waals surface area contributed by atoms with E-state index in [0.717, 1.165) is 25.0 Å². The third-order valence-electron chi connectivity index (χ3n) is 4.13. The van der Waals surface area contributed by atoms with Gasteiger partial charge < -0.3 is 15.3 Å². The van der Waals surface area contributed by atoms with Crippen LogP contribution in [0.15, 0.2) is 24.3 Å². The van der Waals surface area contributed by atoms with Gasteiger partial charge in [0.2, 0.25) is 0 Å². The van der Waals surface area contributed by atoms with Crippen LogP contribution in [0, 0.1) is 0 Å². The third kappa shape index (κ3) is 5.37. The summed E-state index contributed by atoms with van der Waals surface area (Å²) in [6.07, 6.45) is -2.55. The van der Waals surface area contributed by atoms with E-state index in [1.807, 2.05) is 0 Å². The average molecular weight is 358 g/mol. The fourth-order valence-corrected chi connectivity index (χ4v) is 2.67. The van der Waals surface area contributed by atoms with E-state index in [0.29, 0.717) is 12.0 Å². The molecule has 1 aliphatic rings. The minimum atomic E-state index is -4.43. The Balaban J connectivity index is 2.06. The number of alkyl halides is 3. The molecule has 0 saturated heterocycles. The van der Waals surface area contributed by atoms with Crippen LogP contribution in [0.3, 0.4) is 0 Å². The molecule has 0 spiro atoms. The number of urea groups is 1. The zero-order valence-corrected chi connectivity index (χ0v) is 13.8. The zero-order chi connectivity index (χ0) is 18.6. The van der Waals surface area contributed by atoms with Crippen molar-refractivity contribution in [1.82, 2.24) is 10.2 Å². The van der Waals surface area contributed by atoms with E-state index < -0.39 is 23.8 Å². The van der Waals surface area contributed by atoms with E-state index in [9.17, 15) is 22.8 Å². The summed E-state index contributed by atoms with van der Waals surface area (Å²) in [6, 6.07) is 4.11. The van der Waals surface area contributed by atoms with Crippen molar-refractivity contribution in [1.29, 1.82) is 0 Å². The van der Waals surface area contributed by atoms with Crippen LogP contribution in [0.2, 0.25) is 0 Å². The van der Waals surface area contributed by atoms with E-state index in [1.165, 1.54) is 6.07 Å².